The minimum atomic E-state index is -4.48. The summed E-state index contributed by atoms with van der Waals surface area (Å²) >= 11 is 1.13. The molecule has 0 spiro atoms. The van der Waals surface area contributed by atoms with Gasteiger partial charge in [0.15, 0.2) is 4.80 Å². The predicted molar refractivity (Wildman–Crippen MR) is 150 cm³/mol. The molecule has 0 unspecified atom stereocenters. The van der Waals surface area contributed by atoms with E-state index in [0.29, 0.717) is 20.6 Å². The molecule has 0 N–H and O–H groups in total. The van der Waals surface area contributed by atoms with Crippen molar-refractivity contribution >= 4 is 29.1 Å². The summed E-state index contributed by atoms with van der Waals surface area (Å²) in [6.45, 7) is 3.58. The third kappa shape index (κ3) is 5.49. The molecule has 0 bridgehead atoms. The van der Waals surface area contributed by atoms with Gasteiger partial charge in [-0.05, 0) is 55.8 Å². The van der Waals surface area contributed by atoms with E-state index in [2.05, 4.69) is 4.99 Å². The van der Waals surface area contributed by atoms with Crippen molar-refractivity contribution in [3.8, 4) is 11.3 Å². The smallest absolute Gasteiger partial charge is 0.416 e. The highest BCUT2D eigenvalue weighted by Gasteiger charge is 2.33. The molecular weight excluding hydrogens is 555 g/mol. The molecule has 11 heteroatoms. The maximum Gasteiger partial charge on any atom is 0.416 e. The summed E-state index contributed by atoms with van der Waals surface area (Å²) < 4.78 is 52.4. The summed E-state index contributed by atoms with van der Waals surface area (Å²) in [6, 6.07) is 14.7. The normalized spacial score (nSPS) is 15.5. The molecule has 4 aromatic rings. The number of thiazole rings is 1. The van der Waals surface area contributed by atoms with E-state index in [1.54, 1.807) is 26.0 Å². The molecule has 0 fully saturated rings. The van der Waals surface area contributed by atoms with Crippen LogP contribution in [-0.4, -0.2) is 31.2 Å². The lowest BCUT2D eigenvalue weighted by Gasteiger charge is -2.25. The molecule has 1 aliphatic rings. The van der Waals surface area contributed by atoms with Gasteiger partial charge in [-0.1, -0.05) is 35.6 Å². The number of ether oxygens (including phenoxy) is 1. The number of hydrogen-bond acceptors (Lipinski definition) is 7. The van der Waals surface area contributed by atoms with E-state index in [9.17, 15) is 22.8 Å². The number of halogens is 3. The quantitative estimate of drug-likeness (QED) is 0.295. The molecule has 0 saturated carbocycles. The fraction of sp³-hybridized carbons (Fsp3) is 0.233. The second-order valence-corrected chi connectivity index (χ2v) is 10.6. The average Bonchev–Trinajstić information content (AvgIpc) is 3.52. The summed E-state index contributed by atoms with van der Waals surface area (Å²) in [5.41, 5.74) is 1.47. The van der Waals surface area contributed by atoms with Crippen LogP contribution in [0.5, 0.6) is 0 Å². The Morgan fingerprint density at radius 3 is 2.54 bits per heavy atom. The van der Waals surface area contributed by atoms with Crippen LogP contribution in [-0.2, 0) is 15.7 Å². The van der Waals surface area contributed by atoms with E-state index >= 15 is 0 Å². The molecule has 0 saturated heterocycles. The van der Waals surface area contributed by atoms with E-state index in [4.69, 9.17) is 9.15 Å². The van der Waals surface area contributed by atoms with E-state index in [1.807, 2.05) is 43.3 Å². The van der Waals surface area contributed by atoms with Crippen LogP contribution in [0.3, 0.4) is 0 Å². The van der Waals surface area contributed by atoms with Crippen LogP contribution in [0.4, 0.5) is 18.9 Å². The number of allylic oxidation sites excluding steroid dienone is 1. The Kier molecular flexibility index (Phi) is 7.48. The highest BCUT2D eigenvalue weighted by molar-refractivity contribution is 7.07. The van der Waals surface area contributed by atoms with Crippen molar-refractivity contribution in [3.63, 3.8) is 0 Å². The number of aromatic nitrogens is 1. The predicted octanol–water partition coefficient (Wildman–Crippen LogP) is 5.14. The molecule has 2 aromatic carbocycles. The van der Waals surface area contributed by atoms with Crippen molar-refractivity contribution in [1.82, 2.24) is 4.57 Å². The first-order valence-electron chi connectivity index (χ1n) is 12.7. The van der Waals surface area contributed by atoms with E-state index in [0.717, 1.165) is 29.2 Å². The number of esters is 1. The van der Waals surface area contributed by atoms with Crippen LogP contribution in [0.2, 0.25) is 0 Å². The number of nitrogens with zero attached hydrogens (tertiary/aromatic N) is 3. The molecule has 0 aliphatic carbocycles. The van der Waals surface area contributed by atoms with Gasteiger partial charge in [0.05, 0.1) is 34.0 Å². The molecule has 7 nitrogen and oxygen atoms in total. The highest BCUT2D eigenvalue weighted by Crippen LogP contribution is 2.33. The van der Waals surface area contributed by atoms with Crippen molar-refractivity contribution < 1.29 is 27.1 Å². The molecule has 0 radical (unpaired) electrons. The van der Waals surface area contributed by atoms with Crippen molar-refractivity contribution in [2.24, 2.45) is 4.99 Å². The highest BCUT2D eigenvalue weighted by atomic mass is 32.1. The zero-order valence-electron chi connectivity index (χ0n) is 22.7. The Balaban J connectivity index is 1.60. The van der Waals surface area contributed by atoms with Gasteiger partial charge in [0.25, 0.3) is 5.56 Å². The van der Waals surface area contributed by atoms with Crippen molar-refractivity contribution in [2.45, 2.75) is 26.1 Å². The van der Waals surface area contributed by atoms with Crippen LogP contribution in [0.15, 0.2) is 86.1 Å². The Morgan fingerprint density at radius 1 is 1.15 bits per heavy atom. The third-order valence-corrected chi connectivity index (χ3v) is 7.60. The van der Waals surface area contributed by atoms with Crippen LogP contribution >= 0.6 is 11.3 Å². The lowest BCUT2D eigenvalue weighted by molar-refractivity contribution is -0.139. The molecule has 0 amide bonds. The number of rotatable bonds is 6. The van der Waals surface area contributed by atoms with Crippen LogP contribution < -0.4 is 19.8 Å². The SMILES string of the molecule is CCOC(=O)C1=C(C)N=c2s/c(=C/c3ccc(-c4cccc(C(F)(F)F)c4)o3)c(=O)n2[C@H]1c1ccc(N(C)C)cc1. The summed E-state index contributed by atoms with van der Waals surface area (Å²) in [4.78, 5) is 33.7. The summed E-state index contributed by atoms with van der Waals surface area (Å²) in [6.07, 6.45) is -2.96. The Hall–Kier alpha value is -4.38. The summed E-state index contributed by atoms with van der Waals surface area (Å²) in [5.74, 6) is -0.0354. The Morgan fingerprint density at radius 2 is 1.88 bits per heavy atom. The van der Waals surface area contributed by atoms with Gasteiger partial charge in [0.1, 0.15) is 11.5 Å². The monoisotopic (exact) mass is 581 g/mol. The van der Waals surface area contributed by atoms with Crippen LogP contribution in [0.25, 0.3) is 17.4 Å². The number of carbonyl (C=O) groups excluding carboxylic acids is 1. The number of alkyl halides is 3. The fourth-order valence-electron chi connectivity index (χ4n) is 4.63. The van der Waals surface area contributed by atoms with E-state index < -0.39 is 23.8 Å². The first kappa shape index (κ1) is 28.2. The maximum atomic E-state index is 13.8. The van der Waals surface area contributed by atoms with Gasteiger partial charge in [-0.15, -0.1) is 0 Å². The largest absolute Gasteiger partial charge is 0.463 e. The van der Waals surface area contributed by atoms with Crippen LogP contribution in [0.1, 0.15) is 36.8 Å². The molecule has 1 atom stereocenters. The Bertz CT molecular complexity index is 1830. The van der Waals surface area contributed by atoms with Crippen molar-refractivity contribution in [3.05, 3.63) is 109 Å². The molecule has 1 aliphatic heterocycles. The molecule has 3 heterocycles. The second-order valence-electron chi connectivity index (χ2n) is 9.57. The molecule has 212 valence electrons. The average molecular weight is 582 g/mol. The van der Waals surface area contributed by atoms with Gasteiger partial charge >= 0.3 is 12.1 Å². The lowest BCUT2D eigenvalue weighted by atomic mass is 9.95. The number of benzene rings is 2. The van der Waals surface area contributed by atoms with E-state index in [-0.39, 0.29) is 34.8 Å². The number of fused-ring (bicyclic) bond motifs is 1. The molecule has 2 aromatic heterocycles. The zero-order chi connectivity index (χ0) is 29.5. The molecular formula is C30H26F3N3O4S. The van der Waals surface area contributed by atoms with Gasteiger partial charge in [0, 0.05) is 31.4 Å². The molecule has 5 rings (SSSR count). The van der Waals surface area contributed by atoms with Gasteiger partial charge in [0.2, 0.25) is 0 Å². The third-order valence-electron chi connectivity index (χ3n) is 6.62. The number of carbonyl (C=O) groups is 1. The molecule has 41 heavy (non-hydrogen) atoms. The first-order chi connectivity index (χ1) is 19.5. The second kappa shape index (κ2) is 10.9. The minimum Gasteiger partial charge on any atom is -0.463 e. The fourth-order valence-corrected chi connectivity index (χ4v) is 5.65. The first-order valence-corrected chi connectivity index (χ1v) is 13.5. The van der Waals surface area contributed by atoms with Gasteiger partial charge in [-0.25, -0.2) is 9.79 Å². The topological polar surface area (TPSA) is 77.0 Å². The summed E-state index contributed by atoms with van der Waals surface area (Å²) in [7, 11) is 3.83. The van der Waals surface area contributed by atoms with Crippen LogP contribution in [0, 0.1) is 0 Å². The number of anilines is 1. The number of furan rings is 1. The zero-order valence-corrected chi connectivity index (χ0v) is 23.5. The Labute approximate surface area is 237 Å². The minimum absolute atomic E-state index is 0.166. The van der Waals surface area contributed by atoms with Crippen molar-refractivity contribution in [1.29, 1.82) is 0 Å². The van der Waals surface area contributed by atoms with Crippen molar-refractivity contribution in [2.75, 3.05) is 25.6 Å². The maximum absolute atomic E-state index is 13.8. The van der Waals surface area contributed by atoms with Gasteiger partial charge < -0.3 is 14.1 Å². The number of hydrogen-bond donors (Lipinski definition) is 0. The van der Waals surface area contributed by atoms with Gasteiger partial charge in [-0.3, -0.25) is 9.36 Å². The van der Waals surface area contributed by atoms with Gasteiger partial charge in [-0.2, -0.15) is 13.2 Å². The van der Waals surface area contributed by atoms with E-state index in [1.165, 1.54) is 22.8 Å². The standard InChI is InChI=1S/C30H26F3N3O4S/c1-5-39-28(38)25-17(2)34-29-36(26(25)18-9-11-21(12-10-18)35(3)4)27(37)24(41-29)16-22-13-14-23(40-22)19-7-6-8-20(15-19)30(31,32)33/h6-16,26H,5H2,1-4H3/b24-16+/t26-/m0/s1. The lowest BCUT2D eigenvalue weighted by Crippen LogP contribution is -2.39. The summed E-state index contributed by atoms with van der Waals surface area (Å²) in [5, 5.41) is 0.